The zero-order valence-corrected chi connectivity index (χ0v) is 7.05. The minimum Gasteiger partial charge on any atom is -0.296 e. The first-order valence-electron chi connectivity index (χ1n) is 3.67. The number of pyridine rings is 1. The molecule has 0 aliphatic carbocycles. The van der Waals surface area contributed by atoms with Gasteiger partial charge in [-0.1, -0.05) is 0 Å². The first kappa shape index (κ1) is 11.5. The van der Waals surface area contributed by atoms with Crippen LogP contribution in [-0.2, 0) is 6.18 Å². The Morgan fingerprint density at radius 3 is 2.27 bits per heavy atom. The molecule has 0 amide bonds. The summed E-state index contributed by atoms with van der Waals surface area (Å²) < 4.78 is 60.6. The highest BCUT2D eigenvalue weighted by molar-refractivity contribution is 5.74. The van der Waals surface area contributed by atoms with Crippen molar-refractivity contribution in [3.8, 4) is 0 Å². The predicted molar refractivity (Wildman–Crippen MR) is 39.6 cm³/mol. The monoisotopic (exact) mass is 225 g/mol. The van der Waals surface area contributed by atoms with Crippen molar-refractivity contribution < 1.29 is 26.7 Å². The van der Waals surface area contributed by atoms with Crippen LogP contribution >= 0.6 is 0 Å². The number of aldehydes is 1. The van der Waals surface area contributed by atoms with Crippen molar-refractivity contribution in [1.29, 1.82) is 0 Å². The van der Waals surface area contributed by atoms with Gasteiger partial charge in [0.1, 0.15) is 11.4 Å². The lowest BCUT2D eigenvalue weighted by Crippen LogP contribution is -2.11. The fourth-order valence-electron chi connectivity index (χ4n) is 0.942. The van der Waals surface area contributed by atoms with Crippen LogP contribution in [0.15, 0.2) is 12.1 Å². The molecule has 1 heterocycles. The van der Waals surface area contributed by atoms with Crippen LogP contribution in [0.5, 0.6) is 0 Å². The Morgan fingerprint density at radius 2 is 1.87 bits per heavy atom. The summed E-state index contributed by atoms with van der Waals surface area (Å²) in [5.74, 6) is 0. The zero-order chi connectivity index (χ0) is 11.6. The van der Waals surface area contributed by atoms with Crippen molar-refractivity contribution in [2.75, 3.05) is 0 Å². The van der Waals surface area contributed by atoms with Gasteiger partial charge < -0.3 is 0 Å². The Bertz CT molecular complexity index is 374. The van der Waals surface area contributed by atoms with E-state index in [1.54, 1.807) is 0 Å². The van der Waals surface area contributed by atoms with Gasteiger partial charge in [-0.25, -0.2) is 13.8 Å². The van der Waals surface area contributed by atoms with Crippen LogP contribution in [0.3, 0.4) is 0 Å². The van der Waals surface area contributed by atoms with Crippen LogP contribution in [0.1, 0.15) is 28.2 Å². The molecule has 7 heteroatoms. The average Bonchev–Trinajstić information content (AvgIpc) is 2.15. The number of nitrogens with zero attached hydrogens (tertiary/aromatic N) is 1. The number of aromatic nitrogens is 1. The van der Waals surface area contributed by atoms with Gasteiger partial charge in [0.25, 0.3) is 6.43 Å². The molecule has 0 N–H and O–H groups in total. The number of halogens is 5. The zero-order valence-electron chi connectivity index (χ0n) is 7.05. The highest BCUT2D eigenvalue weighted by Crippen LogP contribution is 2.31. The van der Waals surface area contributed by atoms with Gasteiger partial charge in [-0.2, -0.15) is 13.2 Å². The van der Waals surface area contributed by atoms with E-state index in [0.717, 1.165) is 0 Å². The molecular weight excluding hydrogens is 221 g/mol. The second kappa shape index (κ2) is 3.92. The third kappa shape index (κ3) is 2.48. The number of carbonyl (C=O) groups excluding carboxylic acids is 1. The van der Waals surface area contributed by atoms with E-state index >= 15 is 0 Å². The van der Waals surface area contributed by atoms with E-state index in [2.05, 4.69) is 4.98 Å². The minimum absolute atomic E-state index is 0.200. The molecule has 0 spiro atoms. The van der Waals surface area contributed by atoms with E-state index in [4.69, 9.17) is 0 Å². The molecule has 82 valence electrons. The van der Waals surface area contributed by atoms with E-state index in [0.29, 0.717) is 12.1 Å². The van der Waals surface area contributed by atoms with Crippen LogP contribution in [0, 0.1) is 0 Å². The molecule has 15 heavy (non-hydrogen) atoms. The number of alkyl halides is 5. The number of hydrogen-bond donors (Lipinski definition) is 0. The second-order valence-corrected chi connectivity index (χ2v) is 2.59. The van der Waals surface area contributed by atoms with Crippen molar-refractivity contribution in [3.05, 3.63) is 29.1 Å². The number of carbonyl (C=O) groups is 1. The van der Waals surface area contributed by atoms with E-state index in [1.165, 1.54) is 0 Å². The van der Waals surface area contributed by atoms with E-state index in [9.17, 15) is 26.7 Å². The highest BCUT2D eigenvalue weighted by atomic mass is 19.4. The Morgan fingerprint density at radius 1 is 1.27 bits per heavy atom. The predicted octanol–water partition coefficient (Wildman–Crippen LogP) is 2.85. The number of hydrogen-bond acceptors (Lipinski definition) is 2. The molecule has 0 aliphatic heterocycles. The summed E-state index contributed by atoms with van der Waals surface area (Å²) >= 11 is 0. The van der Waals surface area contributed by atoms with Crippen molar-refractivity contribution >= 4 is 6.29 Å². The molecule has 0 aliphatic rings. The summed E-state index contributed by atoms with van der Waals surface area (Å²) in [6, 6.07) is 0.957. The Labute approximate surface area is 80.7 Å². The van der Waals surface area contributed by atoms with Crippen LogP contribution in [0.4, 0.5) is 22.0 Å². The highest BCUT2D eigenvalue weighted by Gasteiger charge is 2.34. The van der Waals surface area contributed by atoms with E-state index in [1.807, 2.05) is 0 Å². The Balaban J connectivity index is 3.27. The summed E-state index contributed by atoms with van der Waals surface area (Å²) in [7, 11) is 0. The lowest BCUT2D eigenvalue weighted by atomic mass is 10.2. The SMILES string of the molecule is O=Cc1nc(C(F)F)ccc1C(F)(F)F. The molecule has 0 bridgehead atoms. The minimum atomic E-state index is -4.77. The van der Waals surface area contributed by atoms with Gasteiger partial charge in [0.2, 0.25) is 0 Å². The molecule has 2 nitrogen and oxygen atoms in total. The van der Waals surface area contributed by atoms with Crippen molar-refractivity contribution in [1.82, 2.24) is 4.98 Å². The Kier molecular flexibility index (Phi) is 3.01. The van der Waals surface area contributed by atoms with Crippen molar-refractivity contribution in [2.45, 2.75) is 12.6 Å². The van der Waals surface area contributed by atoms with Gasteiger partial charge in [-0.3, -0.25) is 4.79 Å². The van der Waals surface area contributed by atoms with Crippen LogP contribution < -0.4 is 0 Å². The molecule has 1 rings (SSSR count). The molecule has 1 aromatic heterocycles. The van der Waals surface area contributed by atoms with Crippen molar-refractivity contribution in [3.63, 3.8) is 0 Å². The maximum absolute atomic E-state index is 12.2. The third-order valence-corrected chi connectivity index (χ3v) is 1.59. The number of rotatable bonds is 2. The Hall–Kier alpha value is -1.53. The van der Waals surface area contributed by atoms with Gasteiger partial charge in [0.05, 0.1) is 5.56 Å². The largest absolute Gasteiger partial charge is 0.418 e. The standard InChI is InChI=1S/C8H4F5NO/c9-7(10)5-2-1-4(8(11,12)13)6(3-15)14-5/h1-3,7H. The molecule has 0 atom stereocenters. The molecule has 1 aromatic rings. The molecule has 0 fully saturated rings. The summed E-state index contributed by atoms with van der Waals surface area (Å²) in [5, 5.41) is 0. The van der Waals surface area contributed by atoms with Gasteiger partial charge in [-0.05, 0) is 12.1 Å². The van der Waals surface area contributed by atoms with Gasteiger partial charge >= 0.3 is 6.18 Å². The molecule has 0 aromatic carbocycles. The molecular formula is C8H4F5NO. The third-order valence-electron chi connectivity index (χ3n) is 1.59. The maximum Gasteiger partial charge on any atom is 0.418 e. The van der Waals surface area contributed by atoms with Crippen LogP contribution in [0.2, 0.25) is 0 Å². The summed E-state index contributed by atoms with van der Waals surface area (Å²) in [4.78, 5) is 13.2. The molecule has 0 saturated heterocycles. The smallest absolute Gasteiger partial charge is 0.296 e. The summed E-state index contributed by atoms with van der Waals surface area (Å²) in [6.07, 6.45) is -7.98. The van der Waals surface area contributed by atoms with Gasteiger partial charge in [-0.15, -0.1) is 0 Å². The molecule has 0 unspecified atom stereocenters. The van der Waals surface area contributed by atoms with Crippen molar-refractivity contribution in [2.24, 2.45) is 0 Å². The average molecular weight is 225 g/mol. The molecule has 0 radical (unpaired) electrons. The van der Waals surface area contributed by atoms with E-state index in [-0.39, 0.29) is 6.29 Å². The molecule has 0 saturated carbocycles. The topological polar surface area (TPSA) is 30.0 Å². The van der Waals surface area contributed by atoms with E-state index < -0.39 is 29.6 Å². The first-order valence-corrected chi connectivity index (χ1v) is 3.67. The quantitative estimate of drug-likeness (QED) is 0.572. The fraction of sp³-hybridized carbons (Fsp3) is 0.250. The summed E-state index contributed by atoms with van der Waals surface area (Å²) in [6.45, 7) is 0. The lowest BCUT2D eigenvalue weighted by molar-refractivity contribution is -0.138. The second-order valence-electron chi connectivity index (χ2n) is 2.59. The maximum atomic E-state index is 12.2. The normalized spacial score (nSPS) is 11.9. The van der Waals surface area contributed by atoms with Crippen LogP contribution in [-0.4, -0.2) is 11.3 Å². The summed E-state index contributed by atoms with van der Waals surface area (Å²) in [5.41, 5.74) is -3.20. The lowest BCUT2D eigenvalue weighted by Gasteiger charge is -2.09. The van der Waals surface area contributed by atoms with Gasteiger partial charge in [0.15, 0.2) is 6.29 Å². The first-order chi connectivity index (χ1) is 6.86. The fourth-order valence-corrected chi connectivity index (χ4v) is 0.942. The van der Waals surface area contributed by atoms with Gasteiger partial charge in [0, 0.05) is 0 Å². The van der Waals surface area contributed by atoms with Crippen LogP contribution in [0.25, 0.3) is 0 Å².